The molecular weight excluding hydrogens is 287 g/mol. The van der Waals surface area contributed by atoms with Gasteiger partial charge in [0.25, 0.3) is 0 Å². The minimum Gasteiger partial charge on any atom is -0.239 e. The molecular formula is C13H10Cl2N2S. The lowest BCUT2D eigenvalue weighted by Gasteiger charge is -2.10. The second-order valence-corrected chi connectivity index (χ2v) is 6.10. The molecule has 0 aliphatic rings. The van der Waals surface area contributed by atoms with Gasteiger partial charge in [-0.1, -0.05) is 23.2 Å². The summed E-state index contributed by atoms with van der Waals surface area (Å²) in [4.78, 5) is 4.48. The Hall–Kier alpha value is -1.08. The van der Waals surface area contributed by atoms with Crippen LogP contribution in [0.25, 0.3) is 11.3 Å². The molecule has 1 aromatic carbocycles. The van der Waals surface area contributed by atoms with E-state index in [0.29, 0.717) is 10.0 Å². The van der Waals surface area contributed by atoms with Crippen LogP contribution in [0.5, 0.6) is 0 Å². The summed E-state index contributed by atoms with van der Waals surface area (Å²) in [7, 11) is 0. The fourth-order valence-corrected chi connectivity index (χ4v) is 2.71. The minimum absolute atomic E-state index is 0.589. The second kappa shape index (κ2) is 4.89. The maximum Gasteiger partial charge on any atom is 0.113 e. The zero-order valence-electron chi connectivity index (χ0n) is 9.87. The highest BCUT2D eigenvalue weighted by Crippen LogP contribution is 2.34. The molecule has 0 saturated heterocycles. The van der Waals surface area contributed by atoms with Gasteiger partial charge in [-0.25, -0.2) is 4.98 Å². The molecule has 18 heavy (non-hydrogen) atoms. The summed E-state index contributed by atoms with van der Waals surface area (Å²) >= 11 is 13.5. The highest BCUT2D eigenvalue weighted by molar-refractivity contribution is 7.10. The summed E-state index contributed by atoms with van der Waals surface area (Å²) in [5, 5.41) is 13.0. The number of benzene rings is 1. The number of halogens is 2. The molecule has 0 radical (unpaired) electrons. The molecule has 0 saturated carbocycles. The maximum atomic E-state index is 9.10. The highest BCUT2D eigenvalue weighted by atomic mass is 35.5. The lowest BCUT2D eigenvalue weighted by molar-refractivity contribution is 0.680. The molecule has 0 unspecified atom stereocenters. The van der Waals surface area contributed by atoms with E-state index >= 15 is 0 Å². The van der Waals surface area contributed by atoms with E-state index in [1.54, 1.807) is 18.2 Å². The molecule has 1 heterocycles. The predicted octanol–water partition coefficient (Wildman–Crippen LogP) is 4.92. The van der Waals surface area contributed by atoms with E-state index in [-0.39, 0.29) is 0 Å². The van der Waals surface area contributed by atoms with E-state index < -0.39 is 5.41 Å². The molecule has 2 nitrogen and oxygen atoms in total. The van der Waals surface area contributed by atoms with Gasteiger partial charge in [0.1, 0.15) is 10.4 Å². The van der Waals surface area contributed by atoms with E-state index in [1.807, 2.05) is 19.2 Å². The molecule has 0 aliphatic carbocycles. The molecule has 0 amide bonds. The summed E-state index contributed by atoms with van der Waals surface area (Å²) in [6, 6.07) is 7.50. The molecule has 2 aromatic rings. The van der Waals surface area contributed by atoms with Gasteiger partial charge in [-0.15, -0.1) is 11.3 Å². The van der Waals surface area contributed by atoms with Crippen LogP contribution in [0.4, 0.5) is 0 Å². The highest BCUT2D eigenvalue weighted by Gasteiger charge is 2.24. The lowest BCUT2D eigenvalue weighted by Crippen LogP contribution is -2.13. The molecule has 0 atom stereocenters. The molecule has 92 valence electrons. The quantitative estimate of drug-likeness (QED) is 0.789. The van der Waals surface area contributed by atoms with Gasteiger partial charge in [0.2, 0.25) is 0 Å². The first-order valence-electron chi connectivity index (χ1n) is 5.27. The molecule has 0 bridgehead atoms. The third kappa shape index (κ3) is 2.51. The third-order valence-electron chi connectivity index (χ3n) is 2.52. The summed E-state index contributed by atoms with van der Waals surface area (Å²) in [5.41, 5.74) is 0.958. The van der Waals surface area contributed by atoms with E-state index in [4.69, 9.17) is 28.5 Å². The van der Waals surface area contributed by atoms with E-state index in [0.717, 1.165) is 16.3 Å². The van der Waals surface area contributed by atoms with Gasteiger partial charge in [-0.05, 0) is 32.0 Å². The SMILES string of the molecule is CC(C)(C#N)c1nc(-c2cc(Cl)ccc2Cl)cs1. The third-order valence-corrected chi connectivity index (χ3v) is 4.25. The van der Waals surface area contributed by atoms with Crippen LogP contribution in [0.1, 0.15) is 18.9 Å². The van der Waals surface area contributed by atoms with Gasteiger partial charge in [0.05, 0.1) is 16.8 Å². The topological polar surface area (TPSA) is 36.7 Å². The van der Waals surface area contributed by atoms with Crippen molar-refractivity contribution in [3.8, 4) is 17.3 Å². The molecule has 0 fully saturated rings. The number of hydrogen-bond donors (Lipinski definition) is 0. The van der Waals surface area contributed by atoms with E-state index in [2.05, 4.69) is 11.1 Å². The Balaban J connectivity index is 2.48. The zero-order valence-corrected chi connectivity index (χ0v) is 12.2. The van der Waals surface area contributed by atoms with Crippen LogP contribution in [0.2, 0.25) is 10.0 Å². The van der Waals surface area contributed by atoms with Crippen molar-refractivity contribution in [1.82, 2.24) is 4.98 Å². The minimum atomic E-state index is -0.589. The number of rotatable bonds is 2. The van der Waals surface area contributed by atoms with Crippen molar-refractivity contribution in [3.63, 3.8) is 0 Å². The number of hydrogen-bond acceptors (Lipinski definition) is 3. The predicted molar refractivity (Wildman–Crippen MR) is 76.2 cm³/mol. The monoisotopic (exact) mass is 296 g/mol. The zero-order chi connectivity index (χ0) is 13.3. The lowest BCUT2D eigenvalue weighted by atomic mass is 9.97. The molecule has 0 spiro atoms. The summed E-state index contributed by atoms with van der Waals surface area (Å²) in [6.45, 7) is 3.68. The van der Waals surface area contributed by atoms with E-state index in [9.17, 15) is 0 Å². The number of aromatic nitrogens is 1. The van der Waals surface area contributed by atoms with Crippen LogP contribution in [0, 0.1) is 11.3 Å². The Morgan fingerprint density at radius 2 is 2.06 bits per heavy atom. The van der Waals surface area contributed by atoms with Crippen molar-refractivity contribution < 1.29 is 0 Å². The van der Waals surface area contributed by atoms with Crippen molar-refractivity contribution >= 4 is 34.5 Å². The Morgan fingerprint density at radius 1 is 1.33 bits per heavy atom. The first-order chi connectivity index (χ1) is 8.44. The van der Waals surface area contributed by atoms with Crippen LogP contribution in [-0.2, 0) is 5.41 Å². The largest absolute Gasteiger partial charge is 0.239 e. The smallest absolute Gasteiger partial charge is 0.113 e. The van der Waals surface area contributed by atoms with Crippen molar-refractivity contribution in [3.05, 3.63) is 38.6 Å². The fourth-order valence-electron chi connectivity index (χ4n) is 1.43. The van der Waals surface area contributed by atoms with Crippen molar-refractivity contribution in [2.75, 3.05) is 0 Å². The van der Waals surface area contributed by atoms with Gasteiger partial charge in [-0.2, -0.15) is 5.26 Å². The maximum absolute atomic E-state index is 9.10. The van der Waals surface area contributed by atoms with Crippen molar-refractivity contribution in [1.29, 1.82) is 5.26 Å². The van der Waals surface area contributed by atoms with Crippen LogP contribution in [0.3, 0.4) is 0 Å². The fraction of sp³-hybridized carbons (Fsp3) is 0.231. The standard InChI is InChI=1S/C13H10Cl2N2S/c1-13(2,7-16)12-17-11(6-18-12)9-5-8(14)3-4-10(9)15/h3-6H,1-2H3. The first kappa shape index (κ1) is 13.4. The Morgan fingerprint density at radius 3 is 2.72 bits per heavy atom. The van der Waals surface area contributed by atoms with Crippen LogP contribution < -0.4 is 0 Å². The first-order valence-corrected chi connectivity index (χ1v) is 6.90. The Bertz CT molecular complexity index is 626. The van der Waals surface area contributed by atoms with Gasteiger partial charge in [-0.3, -0.25) is 0 Å². The summed E-state index contributed by atoms with van der Waals surface area (Å²) < 4.78 is 0. The molecule has 0 N–H and O–H groups in total. The van der Waals surface area contributed by atoms with E-state index in [1.165, 1.54) is 11.3 Å². The average Bonchev–Trinajstić information content (AvgIpc) is 2.82. The van der Waals surface area contributed by atoms with Gasteiger partial charge in [0, 0.05) is 16.0 Å². The van der Waals surface area contributed by atoms with Crippen LogP contribution in [-0.4, -0.2) is 4.98 Å². The molecule has 2 rings (SSSR count). The number of thiazole rings is 1. The van der Waals surface area contributed by atoms with Crippen molar-refractivity contribution in [2.24, 2.45) is 0 Å². The molecule has 1 aromatic heterocycles. The Labute approximate surface area is 120 Å². The van der Waals surface area contributed by atoms with Gasteiger partial charge < -0.3 is 0 Å². The molecule has 0 aliphatic heterocycles. The average molecular weight is 297 g/mol. The number of nitriles is 1. The van der Waals surface area contributed by atoms with Gasteiger partial charge in [0.15, 0.2) is 0 Å². The van der Waals surface area contributed by atoms with Crippen molar-refractivity contribution in [2.45, 2.75) is 19.3 Å². The Kier molecular flexibility index (Phi) is 3.63. The van der Waals surface area contributed by atoms with Crippen LogP contribution >= 0.6 is 34.5 Å². The summed E-state index contributed by atoms with van der Waals surface area (Å²) in [6.07, 6.45) is 0. The second-order valence-electron chi connectivity index (χ2n) is 4.40. The number of nitrogens with zero attached hydrogens (tertiary/aromatic N) is 2. The van der Waals surface area contributed by atoms with Crippen LogP contribution in [0.15, 0.2) is 23.6 Å². The summed E-state index contributed by atoms with van der Waals surface area (Å²) in [5.74, 6) is 0. The van der Waals surface area contributed by atoms with Gasteiger partial charge >= 0.3 is 0 Å². The normalized spacial score (nSPS) is 11.3. The molecule has 5 heteroatoms.